The molecule has 2 aromatic rings. The number of hydrogen-bond acceptors (Lipinski definition) is 3. The Bertz CT molecular complexity index is 940. The van der Waals surface area contributed by atoms with Crippen LogP contribution in [-0.2, 0) is 16.0 Å². The van der Waals surface area contributed by atoms with Crippen LogP contribution in [0.3, 0.4) is 0 Å². The summed E-state index contributed by atoms with van der Waals surface area (Å²) in [6.07, 6.45) is 4.11. The Kier molecular flexibility index (Phi) is 6.40. The van der Waals surface area contributed by atoms with E-state index in [-0.39, 0.29) is 18.4 Å². The van der Waals surface area contributed by atoms with Crippen LogP contribution in [0, 0.1) is 6.92 Å². The summed E-state index contributed by atoms with van der Waals surface area (Å²) in [5, 5.41) is 3.55. The van der Waals surface area contributed by atoms with Crippen LogP contribution >= 0.6 is 11.6 Å². The van der Waals surface area contributed by atoms with Gasteiger partial charge in [-0.15, -0.1) is 0 Å². The number of nitrogens with zero attached hydrogens (tertiary/aromatic N) is 2. The Morgan fingerprint density at radius 3 is 2.60 bits per heavy atom. The van der Waals surface area contributed by atoms with Gasteiger partial charge in [-0.1, -0.05) is 41.9 Å². The summed E-state index contributed by atoms with van der Waals surface area (Å²) < 4.78 is 0. The van der Waals surface area contributed by atoms with Crippen LogP contribution in [-0.4, -0.2) is 47.8 Å². The van der Waals surface area contributed by atoms with Gasteiger partial charge in [0.25, 0.3) is 0 Å². The van der Waals surface area contributed by atoms with Crippen LogP contribution in [0.25, 0.3) is 0 Å². The number of anilines is 1. The van der Waals surface area contributed by atoms with Gasteiger partial charge in [0.1, 0.15) is 6.04 Å². The van der Waals surface area contributed by atoms with Gasteiger partial charge in [0.05, 0.1) is 6.54 Å². The number of benzene rings is 2. The van der Waals surface area contributed by atoms with Crippen molar-refractivity contribution in [1.29, 1.82) is 0 Å². The maximum absolute atomic E-state index is 13.5. The molecule has 0 spiro atoms. The van der Waals surface area contributed by atoms with Crippen LogP contribution in [0.2, 0.25) is 5.02 Å². The first kappa shape index (κ1) is 20.9. The number of piperidine rings is 1. The third-order valence-corrected chi connectivity index (χ3v) is 6.49. The van der Waals surface area contributed by atoms with Crippen molar-refractivity contribution >= 4 is 29.1 Å². The fraction of sp³-hybridized carbons (Fsp3) is 0.417. The number of carbonyl (C=O) groups is 2. The average molecular weight is 426 g/mol. The smallest absolute Gasteiger partial charge is 0.244 e. The van der Waals surface area contributed by atoms with Gasteiger partial charge in [-0.3, -0.25) is 14.5 Å². The molecule has 1 fully saturated rings. The van der Waals surface area contributed by atoms with Gasteiger partial charge in [-0.2, -0.15) is 0 Å². The van der Waals surface area contributed by atoms with Crippen molar-refractivity contribution in [3.8, 4) is 0 Å². The van der Waals surface area contributed by atoms with Crippen LogP contribution in [0.5, 0.6) is 0 Å². The van der Waals surface area contributed by atoms with E-state index in [2.05, 4.69) is 11.4 Å². The van der Waals surface area contributed by atoms with E-state index in [0.717, 1.165) is 43.5 Å². The SMILES string of the molecule is Cc1ccc(NC(=O)CN2CCc3ccccc3[C@@H]2C(=O)N2CCCCC2)cc1Cl. The molecule has 0 radical (unpaired) electrons. The molecule has 158 valence electrons. The van der Waals surface area contributed by atoms with Gasteiger partial charge in [0.2, 0.25) is 11.8 Å². The minimum Gasteiger partial charge on any atom is -0.341 e. The highest BCUT2D eigenvalue weighted by atomic mass is 35.5. The molecular weight excluding hydrogens is 398 g/mol. The molecule has 4 rings (SSSR count). The largest absolute Gasteiger partial charge is 0.341 e. The van der Waals surface area contributed by atoms with E-state index in [9.17, 15) is 9.59 Å². The Morgan fingerprint density at radius 1 is 1.07 bits per heavy atom. The van der Waals surface area contributed by atoms with E-state index < -0.39 is 6.04 Å². The minimum absolute atomic E-state index is 0.119. The quantitative estimate of drug-likeness (QED) is 0.798. The van der Waals surface area contributed by atoms with E-state index in [4.69, 9.17) is 11.6 Å². The van der Waals surface area contributed by atoms with Gasteiger partial charge in [-0.05, 0) is 61.4 Å². The molecule has 1 N–H and O–H groups in total. The lowest BCUT2D eigenvalue weighted by Gasteiger charge is -2.39. The molecule has 2 aliphatic heterocycles. The molecule has 30 heavy (non-hydrogen) atoms. The van der Waals surface area contributed by atoms with Crippen molar-refractivity contribution in [1.82, 2.24) is 9.80 Å². The highest BCUT2D eigenvalue weighted by Crippen LogP contribution is 2.32. The van der Waals surface area contributed by atoms with E-state index in [1.165, 1.54) is 12.0 Å². The fourth-order valence-electron chi connectivity index (χ4n) is 4.42. The molecule has 5 nitrogen and oxygen atoms in total. The molecule has 0 bridgehead atoms. The van der Waals surface area contributed by atoms with Crippen LogP contribution in [0.4, 0.5) is 5.69 Å². The lowest BCUT2D eigenvalue weighted by Crippen LogP contribution is -2.49. The summed E-state index contributed by atoms with van der Waals surface area (Å²) in [4.78, 5) is 30.3. The maximum atomic E-state index is 13.5. The van der Waals surface area contributed by atoms with E-state index in [1.54, 1.807) is 6.07 Å². The first-order chi connectivity index (χ1) is 14.5. The minimum atomic E-state index is -0.402. The molecule has 0 unspecified atom stereocenters. The van der Waals surface area contributed by atoms with Crippen molar-refractivity contribution < 1.29 is 9.59 Å². The first-order valence-electron chi connectivity index (χ1n) is 10.7. The Labute approximate surface area is 183 Å². The van der Waals surface area contributed by atoms with Crippen molar-refractivity contribution in [2.75, 3.05) is 31.5 Å². The molecule has 2 heterocycles. The molecule has 0 saturated carbocycles. The Balaban J connectivity index is 1.53. The molecule has 0 aliphatic carbocycles. The molecule has 2 amide bonds. The topological polar surface area (TPSA) is 52.7 Å². The number of aryl methyl sites for hydroxylation is 1. The monoisotopic (exact) mass is 425 g/mol. The molecule has 0 aromatic heterocycles. The van der Waals surface area contributed by atoms with E-state index in [0.29, 0.717) is 17.3 Å². The summed E-state index contributed by atoms with van der Waals surface area (Å²) >= 11 is 6.18. The lowest BCUT2D eigenvalue weighted by atomic mass is 9.91. The zero-order chi connectivity index (χ0) is 21.1. The molecular formula is C24H28ClN3O2. The van der Waals surface area contributed by atoms with Crippen LogP contribution in [0.15, 0.2) is 42.5 Å². The number of nitrogens with one attached hydrogen (secondary N) is 1. The lowest BCUT2D eigenvalue weighted by molar-refractivity contribution is -0.139. The summed E-state index contributed by atoms with van der Waals surface area (Å²) in [5.41, 5.74) is 3.88. The molecule has 2 aromatic carbocycles. The summed E-state index contributed by atoms with van der Waals surface area (Å²) in [6, 6.07) is 13.2. The zero-order valence-corrected chi connectivity index (χ0v) is 18.1. The second kappa shape index (κ2) is 9.19. The van der Waals surface area contributed by atoms with Crippen LogP contribution < -0.4 is 5.32 Å². The molecule has 1 saturated heterocycles. The van der Waals surface area contributed by atoms with Crippen molar-refractivity contribution in [3.05, 3.63) is 64.2 Å². The van der Waals surface area contributed by atoms with Gasteiger partial charge in [-0.25, -0.2) is 0 Å². The van der Waals surface area contributed by atoms with Gasteiger partial charge < -0.3 is 10.2 Å². The van der Waals surface area contributed by atoms with Crippen molar-refractivity contribution in [3.63, 3.8) is 0 Å². The summed E-state index contributed by atoms with van der Waals surface area (Å²) in [5.74, 6) is -0.0150. The second-order valence-electron chi connectivity index (χ2n) is 8.22. The standard InChI is InChI=1S/C24H28ClN3O2/c1-17-9-10-19(15-21(17)25)26-22(29)16-28-14-11-18-7-3-4-8-20(18)23(28)24(30)27-12-5-2-6-13-27/h3-4,7-10,15,23H,2,5-6,11-14,16H2,1H3,(H,26,29)/t23-/m1/s1. The van der Waals surface area contributed by atoms with E-state index in [1.807, 2.05) is 47.1 Å². The number of hydrogen-bond donors (Lipinski definition) is 1. The van der Waals surface area contributed by atoms with Gasteiger partial charge in [0, 0.05) is 30.3 Å². The number of rotatable bonds is 4. The third-order valence-electron chi connectivity index (χ3n) is 6.09. The number of carbonyl (C=O) groups excluding carboxylic acids is 2. The normalized spacial score (nSPS) is 19.3. The van der Waals surface area contributed by atoms with Crippen molar-refractivity contribution in [2.24, 2.45) is 0 Å². The second-order valence-corrected chi connectivity index (χ2v) is 8.63. The van der Waals surface area contributed by atoms with E-state index >= 15 is 0 Å². The summed E-state index contributed by atoms with van der Waals surface area (Å²) in [6.45, 7) is 4.39. The highest BCUT2D eigenvalue weighted by molar-refractivity contribution is 6.31. The van der Waals surface area contributed by atoms with Gasteiger partial charge >= 0.3 is 0 Å². The number of halogens is 1. The zero-order valence-electron chi connectivity index (χ0n) is 17.4. The predicted octanol–water partition coefficient (Wildman–Crippen LogP) is 4.20. The molecule has 6 heteroatoms. The number of amides is 2. The first-order valence-corrected chi connectivity index (χ1v) is 11.1. The Hall–Kier alpha value is -2.37. The summed E-state index contributed by atoms with van der Waals surface area (Å²) in [7, 11) is 0. The third kappa shape index (κ3) is 4.52. The molecule has 2 aliphatic rings. The van der Waals surface area contributed by atoms with Gasteiger partial charge in [0.15, 0.2) is 0 Å². The maximum Gasteiger partial charge on any atom is 0.244 e. The highest BCUT2D eigenvalue weighted by Gasteiger charge is 2.36. The number of fused-ring (bicyclic) bond motifs is 1. The average Bonchev–Trinajstić information content (AvgIpc) is 2.76. The molecule has 1 atom stereocenters. The fourth-order valence-corrected chi connectivity index (χ4v) is 4.60. The Morgan fingerprint density at radius 2 is 1.83 bits per heavy atom. The van der Waals surface area contributed by atoms with Crippen LogP contribution in [0.1, 0.15) is 42.0 Å². The number of likely N-dealkylation sites (tertiary alicyclic amines) is 1. The van der Waals surface area contributed by atoms with Crippen molar-refractivity contribution in [2.45, 2.75) is 38.6 Å². The predicted molar refractivity (Wildman–Crippen MR) is 120 cm³/mol.